The lowest BCUT2D eigenvalue weighted by molar-refractivity contribution is -0.117. The van der Waals surface area contributed by atoms with Crippen LogP contribution in [0.15, 0.2) is 42.5 Å². The van der Waals surface area contributed by atoms with Crippen LogP contribution in [0.1, 0.15) is 16.7 Å². The van der Waals surface area contributed by atoms with Crippen LogP contribution in [-0.4, -0.2) is 31.5 Å². The molecular weight excluding hydrogens is 288 g/mol. The molecule has 2 aromatic rings. The van der Waals surface area contributed by atoms with Gasteiger partial charge in [-0.1, -0.05) is 35.9 Å². The molecule has 0 atom stereocenters. The zero-order chi connectivity index (χ0) is 16.8. The molecule has 0 saturated carbocycles. The van der Waals surface area contributed by atoms with Crippen molar-refractivity contribution in [1.82, 2.24) is 4.90 Å². The Morgan fingerprint density at radius 2 is 1.91 bits per heavy atom. The summed E-state index contributed by atoms with van der Waals surface area (Å²) in [6.45, 7) is 5.02. The number of nitrogens with zero attached hydrogens (tertiary/aromatic N) is 1. The molecule has 0 heterocycles. The Morgan fingerprint density at radius 1 is 1.17 bits per heavy atom. The Balaban J connectivity index is 1.94. The average Bonchev–Trinajstić information content (AvgIpc) is 2.50. The molecule has 0 aromatic heterocycles. The number of hydrogen-bond acceptors (Lipinski definition) is 3. The molecule has 0 spiro atoms. The molecular formula is C19H24N2O2. The molecule has 0 aliphatic rings. The van der Waals surface area contributed by atoms with E-state index in [1.807, 2.05) is 62.2 Å². The molecule has 0 unspecified atom stereocenters. The molecule has 1 N–H and O–H groups in total. The van der Waals surface area contributed by atoms with Gasteiger partial charge in [-0.3, -0.25) is 9.69 Å². The number of likely N-dealkylation sites (N-methyl/N-ethyl adjacent to an activating group) is 1. The monoisotopic (exact) mass is 312 g/mol. The van der Waals surface area contributed by atoms with E-state index < -0.39 is 0 Å². The van der Waals surface area contributed by atoms with Crippen LogP contribution in [0.2, 0.25) is 0 Å². The van der Waals surface area contributed by atoms with Crippen LogP contribution in [0.3, 0.4) is 0 Å². The standard InChI is InChI=1S/C19H24N2O2/c1-14-9-10-17(15(2)11-14)20-19(22)13-21(3)12-16-7-5-6-8-18(16)23-4/h5-11H,12-13H2,1-4H3,(H,20,22). The molecule has 4 nitrogen and oxygen atoms in total. The van der Waals surface area contributed by atoms with E-state index in [2.05, 4.69) is 11.4 Å². The summed E-state index contributed by atoms with van der Waals surface area (Å²) < 4.78 is 5.35. The first-order valence-corrected chi connectivity index (χ1v) is 7.67. The van der Waals surface area contributed by atoms with Gasteiger partial charge in [-0.05, 0) is 38.6 Å². The lowest BCUT2D eigenvalue weighted by Gasteiger charge is -2.18. The smallest absolute Gasteiger partial charge is 0.238 e. The molecule has 2 aromatic carbocycles. The minimum atomic E-state index is -0.0191. The second kappa shape index (κ2) is 7.79. The molecule has 0 radical (unpaired) electrons. The van der Waals surface area contributed by atoms with Crippen molar-refractivity contribution in [1.29, 1.82) is 0 Å². The molecule has 2 rings (SSSR count). The van der Waals surface area contributed by atoms with Crippen LogP contribution in [0.25, 0.3) is 0 Å². The molecule has 122 valence electrons. The van der Waals surface area contributed by atoms with Gasteiger partial charge in [0, 0.05) is 17.8 Å². The van der Waals surface area contributed by atoms with Crippen molar-refractivity contribution in [3.8, 4) is 5.75 Å². The summed E-state index contributed by atoms with van der Waals surface area (Å²) in [6, 6.07) is 13.9. The van der Waals surface area contributed by atoms with Crippen LogP contribution < -0.4 is 10.1 Å². The Morgan fingerprint density at radius 3 is 2.61 bits per heavy atom. The number of anilines is 1. The van der Waals surface area contributed by atoms with Crippen molar-refractivity contribution in [2.24, 2.45) is 0 Å². The van der Waals surface area contributed by atoms with Crippen LogP contribution in [0.5, 0.6) is 5.75 Å². The van der Waals surface area contributed by atoms with Crippen LogP contribution in [0.4, 0.5) is 5.69 Å². The quantitative estimate of drug-likeness (QED) is 0.889. The molecule has 4 heteroatoms. The lowest BCUT2D eigenvalue weighted by atomic mass is 10.1. The van der Waals surface area contributed by atoms with Gasteiger partial charge in [-0.2, -0.15) is 0 Å². The number of rotatable bonds is 6. The number of para-hydroxylation sites is 1. The van der Waals surface area contributed by atoms with Crippen LogP contribution in [-0.2, 0) is 11.3 Å². The summed E-state index contributed by atoms with van der Waals surface area (Å²) in [4.78, 5) is 14.2. The molecule has 1 amide bonds. The number of benzene rings is 2. The Hall–Kier alpha value is -2.33. The highest BCUT2D eigenvalue weighted by Crippen LogP contribution is 2.19. The minimum absolute atomic E-state index is 0.0191. The number of aryl methyl sites for hydroxylation is 2. The number of ether oxygens (including phenoxy) is 1. The molecule has 23 heavy (non-hydrogen) atoms. The second-order valence-electron chi connectivity index (χ2n) is 5.85. The maximum absolute atomic E-state index is 12.2. The topological polar surface area (TPSA) is 41.6 Å². The predicted octanol–water partition coefficient (Wildman–Crippen LogP) is 3.38. The van der Waals surface area contributed by atoms with Gasteiger partial charge in [0.1, 0.15) is 5.75 Å². The minimum Gasteiger partial charge on any atom is -0.496 e. The number of amides is 1. The SMILES string of the molecule is COc1ccccc1CN(C)CC(=O)Nc1ccc(C)cc1C. The average molecular weight is 312 g/mol. The van der Waals surface area contributed by atoms with E-state index >= 15 is 0 Å². The molecule has 0 fully saturated rings. The van der Waals surface area contributed by atoms with Crippen molar-refractivity contribution in [3.05, 3.63) is 59.2 Å². The number of methoxy groups -OCH3 is 1. The summed E-state index contributed by atoms with van der Waals surface area (Å²) in [7, 11) is 3.58. The normalized spacial score (nSPS) is 10.7. The van der Waals surface area contributed by atoms with E-state index in [4.69, 9.17) is 4.74 Å². The number of carbonyl (C=O) groups is 1. The van der Waals surface area contributed by atoms with Gasteiger partial charge in [0.15, 0.2) is 0 Å². The van der Waals surface area contributed by atoms with Gasteiger partial charge in [0.25, 0.3) is 0 Å². The van der Waals surface area contributed by atoms with Gasteiger partial charge in [0.05, 0.1) is 13.7 Å². The van der Waals surface area contributed by atoms with E-state index in [-0.39, 0.29) is 5.91 Å². The predicted molar refractivity (Wildman–Crippen MR) is 93.9 cm³/mol. The van der Waals surface area contributed by atoms with Crippen molar-refractivity contribution in [2.75, 3.05) is 26.0 Å². The highest BCUT2D eigenvalue weighted by molar-refractivity contribution is 5.92. The van der Waals surface area contributed by atoms with Gasteiger partial charge < -0.3 is 10.1 Å². The fourth-order valence-corrected chi connectivity index (χ4v) is 2.57. The van der Waals surface area contributed by atoms with Crippen LogP contribution >= 0.6 is 0 Å². The first kappa shape index (κ1) is 17.0. The Kier molecular flexibility index (Phi) is 5.77. The first-order chi connectivity index (χ1) is 11.0. The fourth-order valence-electron chi connectivity index (χ4n) is 2.57. The third-order valence-electron chi connectivity index (χ3n) is 3.70. The molecule has 0 aliphatic carbocycles. The van der Waals surface area contributed by atoms with Gasteiger partial charge in [0.2, 0.25) is 5.91 Å². The molecule has 0 aliphatic heterocycles. The second-order valence-corrected chi connectivity index (χ2v) is 5.85. The zero-order valence-electron chi connectivity index (χ0n) is 14.2. The van der Waals surface area contributed by atoms with Crippen LogP contribution in [0, 0.1) is 13.8 Å². The van der Waals surface area contributed by atoms with Gasteiger partial charge >= 0.3 is 0 Å². The lowest BCUT2D eigenvalue weighted by Crippen LogP contribution is -2.30. The van der Waals surface area contributed by atoms with Crippen molar-refractivity contribution in [2.45, 2.75) is 20.4 Å². The highest BCUT2D eigenvalue weighted by atomic mass is 16.5. The van der Waals surface area contributed by atoms with E-state index in [1.54, 1.807) is 7.11 Å². The zero-order valence-corrected chi connectivity index (χ0v) is 14.2. The van der Waals surface area contributed by atoms with E-state index in [0.29, 0.717) is 13.1 Å². The Labute approximate surface area is 138 Å². The maximum Gasteiger partial charge on any atom is 0.238 e. The van der Waals surface area contributed by atoms with E-state index in [9.17, 15) is 4.79 Å². The van der Waals surface area contributed by atoms with Crippen molar-refractivity contribution >= 4 is 11.6 Å². The number of nitrogens with one attached hydrogen (secondary N) is 1. The highest BCUT2D eigenvalue weighted by Gasteiger charge is 2.11. The summed E-state index contributed by atoms with van der Waals surface area (Å²) in [6.07, 6.45) is 0. The molecule has 0 saturated heterocycles. The van der Waals surface area contributed by atoms with Crippen molar-refractivity contribution in [3.63, 3.8) is 0 Å². The van der Waals surface area contributed by atoms with Crippen molar-refractivity contribution < 1.29 is 9.53 Å². The largest absolute Gasteiger partial charge is 0.496 e. The summed E-state index contributed by atoms with van der Waals surface area (Å²) >= 11 is 0. The Bertz CT molecular complexity index is 683. The maximum atomic E-state index is 12.2. The van der Waals surface area contributed by atoms with E-state index in [1.165, 1.54) is 5.56 Å². The first-order valence-electron chi connectivity index (χ1n) is 7.67. The third-order valence-corrected chi connectivity index (χ3v) is 3.70. The number of carbonyl (C=O) groups excluding carboxylic acids is 1. The summed E-state index contributed by atoms with van der Waals surface area (Å²) in [5.74, 6) is 0.823. The van der Waals surface area contributed by atoms with Gasteiger partial charge in [-0.15, -0.1) is 0 Å². The molecule has 0 bridgehead atoms. The third kappa shape index (κ3) is 4.83. The summed E-state index contributed by atoms with van der Waals surface area (Å²) in [5.41, 5.74) is 4.20. The number of hydrogen-bond donors (Lipinski definition) is 1. The van der Waals surface area contributed by atoms with E-state index in [0.717, 1.165) is 22.6 Å². The fraction of sp³-hybridized carbons (Fsp3) is 0.316. The summed E-state index contributed by atoms with van der Waals surface area (Å²) in [5, 5.41) is 2.97. The van der Waals surface area contributed by atoms with Gasteiger partial charge in [-0.25, -0.2) is 0 Å².